The highest BCUT2D eigenvalue weighted by Crippen LogP contribution is 2.22. The van der Waals surface area contributed by atoms with Crippen LogP contribution < -0.4 is 10.6 Å². The Labute approximate surface area is 139 Å². The second kappa shape index (κ2) is 8.46. The second-order valence-electron chi connectivity index (χ2n) is 6.78. The average molecular weight is 315 g/mol. The fraction of sp³-hybridized carbons (Fsp3) is 0.632. The van der Waals surface area contributed by atoms with E-state index in [-0.39, 0.29) is 5.91 Å². The molecular weight excluding hydrogens is 286 g/mol. The number of carbonyl (C=O) groups excluding carboxylic acids is 1. The Morgan fingerprint density at radius 1 is 1.13 bits per heavy atom. The monoisotopic (exact) mass is 315 g/mol. The van der Waals surface area contributed by atoms with E-state index in [0.29, 0.717) is 6.42 Å². The van der Waals surface area contributed by atoms with Crippen LogP contribution in [0.4, 0.5) is 0 Å². The van der Waals surface area contributed by atoms with E-state index < -0.39 is 0 Å². The number of carbonyl (C=O) groups is 1. The van der Waals surface area contributed by atoms with Gasteiger partial charge in [-0.15, -0.1) is 0 Å². The maximum atomic E-state index is 12.1. The molecule has 3 rings (SSSR count). The van der Waals surface area contributed by atoms with Gasteiger partial charge >= 0.3 is 0 Å². The Bertz CT molecular complexity index is 523. The SMILES string of the molecule is O=C(Cc1ccc2c(c1)CCCC2)NCCCN1CCNCC1. The van der Waals surface area contributed by atoms with Gasteiger partial charge < -0.3 is 15.5 Å². The van der Waals surface area contributed by atoms with Crippen molar-refractivity contribution in [2.45, 2.75) is 38.5 Å². The summed E-state index contributed by atoms with van der Waals surface area (Å²) in [6.07, 6.45) is 6.52. The van der Waals surface area contributed by atoms with E-state index in [2.05, 4.69) is 33.7 Å². The van der Waals surface area contributed by atoms with E-state index in [0.717, 1.165) is 51.3 Å². The minimum Gasteiger partial charge on any atom is -0.356 e. The Morgan fingerprint density at radius 3 is 2.74 bits per heavy atom. The molecule has 1 amide bonds. The lowest BCUT2D eigenvalue weighted by Crippen LogP contribution is -2.44. The predicted octanol–water partition coefficient (Wildman–Crippen LogP) is 1.52. The molecule has 4 nitrogen and oxygen atoms in total. The zero-order valence-corrected chi connectivity index (χ0v) is 14.1. The lowest BCUT2D eigenvalue weighted by Gasteiger charge is -2.27. The third-order valence-electron chi connectivity index (χ3n) is 4.96. The van der Waals surface area contributed by atoms with Crippen molar-refractivity contribution in [2.75, 3.05) is 39.3 Å². The Hall–Kier alpha value is -1.39. The van der Waals surface area contributed by atoms with Crippen molar-refractivity contribution < 1.29 is 4.79 Å². The van der Waals surface area contributed by atoms with E-state index in [9.17, 15) is 4.79 Å². The summed E-state index contributed by atoms with van der Waals surface area (Å²) < 4.78 is 0. The number of aryl methyl sites for hydroxylation is 2. The number of piperazine rings is 1. The number of benzene rings is 1. The molecule has 1 aliphatic heterocycles. The molecule has 4 heteroatoms. The molecule has 1 saturated heterocycles. The van der Waals surface area contributed by atoms with Crippen molar-refractivity contribution in [3.63, 3.8) is 0 Å². The molecule has 1 fully saturated rings. The average Bonchev–Trinajstić information content (AvgIpc) is 2.59. The van der Waals surface area contributed by atoms with Gasteiger partial charge in [0.25, 0.3) is 0 Å². The molecule has 2 N–H and O–H groups in total. The molecule has 0 saturated carbocycles. The maximum Gasteiger partial charge on any atom is 0.224 e. The molecule has 0 spiro atoms. The minimum absolute atomic E-state index is 0.154. The number of amides is 1. The predicted molar refractivity (Wildman–Crippen MR) is 93.7 cm³/mol. The van der Waals surface area contributed by atoms with E-state index in [4.69, 9.17) is 0 Å². The van der Waals surface area contributed by atoms with Crippen molar-refractivity contribution >= 4 is 5.91 Å². The molecule has 1 aromatic carbocycles. The second-order valence-corrected chi connectivity index (χ2v) is 6.78. The largest absolute Gasteiger partial charge is 0.356 e. The van der Waals surface area contributed by atoms with Crippen molar-refractivity contribution in [3.05, 3.63) is 34.9 Å². The molecule has 0 aromatic heterocycles. The summed E-state index contributed by atoms with van der Waals surface area (Å²) in [4.78, 5) is 14.6. The first-order chi connectivity index (χ1) is 11.3. The van der Waals surface area contributed by atoms with Gasteiger partial charge in [0.05, 0.1) is 6.42 Å². The molecule has 1 aliphatic carbocycles. The van der Waals surface area contributed by atoms with Crippen LogP contribution in [0.1, 0.15) is 36.0 Å². The van der Waals surface area contributed by atoms with E-state index in [1.165, 1.54) is 36.8 Å². The summed E-state index contributed by atoms with van der Waals surface area (Å²) in [6.45, 7) is 6.30. The molecule has 0 atom stereocenters. The normalized spacial score (nSPS) is 18.4. The number of nitrogens with one attached hydrogen (secondary N) is 2. The number of hydrogen-bond donors (Lipinski definition) is 2. The van der Waals surface area contributed by atoms with Crippen LogP contribution in [-0.2, 0) is 24.1 Å². The van der Waals surface area contributed by atoms with Crippen LogP contribution >= 0.6 is 0 Å². The summed E-state index contributed by atoms with van der Waals surface area (Å²) in [5, 5.41) is 6.43. The summed E-state index contributed by atoms with van der Waals surface area (Å²) in [5.41, 5.74) is 4.10. The van der Waals surface area contributed by atoms with Gasteiger partial charge in [-0.3, -0.25) is 4.79 Å². The van der Waals surface area contributed by atoms with Crippen LogP contribution in [0.3, 0.4) is 0 Å². The van der Waals surface area contributed by atoms with Crippen molar-refractivity contribution in [1.29, 1.82) is 0 Å². The quantitative estimate of drug-likeness (QED) is 0.782. The molecular formula is C19H29N3O. The van der Waals surface area contributed by atoms with Crippen molar-refractivity contribution in [3.8, 4) is 0 Å². The van der Waals surface area contributed by atoms with Gasteiger partial charge in [-0.2, -0.15) is 0 Å². The maximum absolute atomic E-state index is 12.1. The van der Waals surface area contributed by atoms with Crippen LogP contribution in [0.15, 0.2) is 18.2 Å². The van der Waals surface area contributed by atoms with Crippen molar-refractivity contribution in [1.82, 2.24) is 15.5 Å². The molecule has 0 bridgehead atoms. The highest BCUT2D eigenvalue weighted by molar-refractivity contribution is 5.78. The Kier molecular flexibility index (Phi) is 6.06. The minimum atomic E-state index is 0.154. The summed E-state index contributed by atoms with van der Waals surface area (Å²) in [7, 11) is 0. The smallest absolute Gasteiger partial charge is 0.224 e. The molecule has 2 aliphatic rings. The van der Waals surface area contributed by atoms with Crippen LogP contribution in [0, 0.1) is 0 Å². The third-order valence-corrected chi connectivity index (χ3v) is 4.96. The van der Waals surface area contributed by atoms with E-state index in [1.54, 1.807) is 0 Å². The highest BCUT2D eigenvalue weighted by atomic mass is 16.1. The van der Waals surface area contributed by atoms with E-state index >= 15 is 0 Å². The van der Waals surface area contributed by atoms with Gasteiger partial charge in [0.15, 0.2) is 0 Å². The Morgan fingerprint density at radius 2 is 1.91 bits per heavy atom. The molecule has 126 valence electrons. The number of fused-ring (bicyclic) bond motifs is 1. The van der Waals surface area contributed by atoms with Gasteiger partial charge in [0.2, 0.25) is 5.91 Å². The van der Waals surface area contributed by atoms with E-state index in [1.807, 2.05) is 0 Å². The van der Waals surface area contributed by atoms with Gasteiger partial charge in [-0.25, -0.2) is 0 Å². The standard InChI is InChI=1S/C19H29N3O/c23-19(21-8-3-11-22-12-9-20-10-13-22)15-16-6-7-17-4-1-2-5-18(17)14-16/h6-7,14,20H,1-5,8-13,15H2,(H,21,23). The van der Waals surface area contributed by atoms with Crippen LogP contribution in [0.2, 0.25) is 0 Å². The molecule has 23 heavy (non-hydrogen) atoms. The summed E-state index contributed by atoms with van der Waals surface area (Å²) in [5.74, 6) is 0.154. The van der Waals surface area contributed by atoms with Crippen molar-refractivity contribution in [2.24, 2.45) is 0 Å². The van der Waals surface area contributed by atoms with Gasteiger partial charge in [0, 0.05) is 32.7 Å². The van der Waals surface area contributed by atoms with Gasteiger partial charge in [-0.05, 0) is 55.3 Å². The zero-order valence-electron chi connectivity index (χ0n) is 14.1. The molecule has 0 radical (unpaired) electrons. The lowest BCUT2D eigenvalue weighted by molar-refractivity contribution is -0.120. The summed E-state index contributed by atoms with van der Waals surface area (Å²) >= 11 is 0. The number of nitrogens with zero attached hydrogens (tertiary/aromatic N) is 1. The Balaban J connectivity index is 1.37. The first-order valence-electron chi connectivity index (χ1n) is 9.12. The van der Waals surface area contributed by atoms with Gasteiger partial charge in [-0.1, -0.05) is 18.2 Å². The molecule has 1 heterocycles. The first-order valence-corrected chi connectivity index (χ1v) is 9.12. The number of rotatable bonds is 6. The van der Waals surface area contributed by atoms with Gasteiger partial charge in [0.1, 0.15) is 0 Å². The fourth-order valence-corrected chi connectivity index (χ4v) is 3.61. The zero-order chi connectivity index (χ0) is 15.9. The fourth-order valence-electron chi connectivity index (χ4n) is 3.61. The first kappa shape index (κ1) is 16.5. The van der Waals surface area contributed by atoms with Crippen LogP contribution in [0.25, 0.3) is 0 Å². The third kappa shape index (κ3) is 5.05. The highest BCUT2D eigenvalue weighted by Gasteiger charge is 2.11. The lowest BCUT2D eigenvalue weighted by atomic mass is 9.90. The number of hydrogen-bond acceptors (Lipinski definition) is 3. The molecule has 1 aromatic rings. The van der Waals surface area contributed by atoms with Crippen LogP contribution in [-0.4, -0.2) is 50.1 Å². The summed E-state index contributed by atoms with van der Waals surface area (Å²) in [6, 6.07) is 6.60. The molecule has 0 unspecified atom stereocenters. The van der Waals surface area contributed by atoms with Crippen LogP contribution in [0.5, 0.6) is 0 Å². The topological polar surface area (TPSA) is 44.4 Å².